The highest BCUT2D eigenvalue weighted by molar-refractivity contribution is 14.0. The van der Waals surface area contributed by atoms with Crippen LogP contribution in [0.5, 0.6) is 0 Å². The molecule has 1 saturated heterocycles. The molecule has 8 heteroatoms. The summed E-state index contributed by atoms with van der Waals surface area (Å²) in [5.74, 6) is 1.12. The molecule has 0 aromatic carbocycles. The Bertz CT molecular complexity index is 632. The Morgan fingerprint density at radius 2 is 2.22 bits per heavy atom. The number of guanidine groups is 1. The predicted octanol–water partition coefficient (Wildman–Crippen LogP) is 2.60. The van der Waals surface area contributed by atoms with Gasteiger partial charge < -0.3 is 15.0 Å². The summed E-state index contributed by atoms with van der Waals surface area (Å²) in [6.45, 7) is 11.9. The van der Waals surface area contributed by atoms with Gasteiger partial charge in [0.25, 0.3) is 0 Å². The van der Waals surface area contributed by atoms with Crippen LogP contribution in [-0.4, -0.2) is 59.9 Å². The highest BCUT2D eigenvalue weighted by atomic mass is 127. The van der Waals surface area contributed by atoms with Gasteiger partial charge >= 0.3 is 5.97 Å². The van der Waals surface area contributed by atoms with E-state index in [0.717, 1.165) is 44.1 Å². The van der Waals surface area contributed by atoms with E-state index in [1.54, 1.807) is 7.05 Å². The molecular weight excluding hydrogens is 457 g/mol. The summed E-state index contributed by atoms with van der Waals surface area (Å²) >= 11 is 0. The van der Waals surface area contributed by atoms with E-state index < -0.39 is 0 Å². The number of aryl methyl sites for hydroxylation is 2. The molecule has 7 nitrogen and oxygen atoms in total. The SMILES string of the molecule is CCOC(=O)C1CCCN(C(=NC)NCC(C)Cn2nc(C)cc2C)C1.I. The average Bonchev–Trinajstić information content (AvgIpc) is 2.93. The third-order valence-corrected chi connectivity index (χ3v) is 4.75. The molecule has 0 aliphatic carbocycles. The fourth-order valence-corrected chi connectivity index (χ4v) is 3.44. The van der Waals surface area contributed by atoms with Crippen LogP contribution >= 0.6 is 24.0 Å². The number of nitrogens with one attached hydrogen (secondary N) is 1. The number of carbonyl (C=O) groups excluding carboxylic acids is 1. The van der Waals surface area contributed by atoms with Crippen molar-refractivity contribution in [2.75, 3.05) is 33.3 Å². The van der Waals surface area contributed by atoms with Crippen molar-refractivity contribution in [3.63, 3.8) is 0 Å². The molecule has 1 aliphatic heterocycles. The van der Waals surface area contributed by atoms with Gasteiger partial charge in [-0.1, -0.05) is 6.92 Å². The van der Waals surface area contributed by atoms with E-state index in [1.807, 2.05) is 13.8 Å². The summed E-state index contributed by atoms with van der Waals surface area (Å²) in [5.41, 5.74) is 2.24. The molecule has 2 atom stereocenters. The average molecular weight is 491 g/mol. The molecular formula is C19H34IN5O2. The quantitative estimate of drug-likeness (QED) is 0.287. The lowest BCUT2D eigenvalue weighted by Gasteiger charge is -2.34. The number of hydrogen-bond acceptors (Lipinski definition) is 4. The van der Waals surface area contributed by atoms with E-state index in [4.69, 9.17) is 4.74 Å². The van der Waals surface area contributed by atoms with E-state index in [1.165, 1.54) is 5.69 Å². The topological polar surface area (TPSA) is 71.8 Å². The maximum absolute atomic E-state index is 12.0. The van der Waals surface area contributed by atoms with Crippen molar-refractivity contribution in [2.24, 2.45) is 16.8 Å². The minimum absolute atomic E-state index is 0. The highest BCUT2D eigenvalue weighted by Gasteiger charge is 2.28. The predicted molar refractivity (Wildman–Crippen MR) is 119 cm³/mol. The number of nitrogens with zero attached hydrogens (tertiary/aromatic N) is 4. The molecule has 1 N–H and O–H groups in total. The van der Waals surface area contributed by atoms with Crippen LogP contribution in [0.3, 0.4) is 0 Å². The fraction of sp³-hybridized carbons (Fsp3) is 0.737. The number of aliphatic imine (C=N–C) groups is 1. The molecule has 2 unspecified atom stereocenters. The van der Waals surface area contributed by atoms with Crippen molar-refractivity contribution in [3.05, 3.63) is 17.5 Å². The first-order valence-corrected chi connectivity index (χ1v) is 9.57. The Hall–Kier alpha value is -1.32. The Morgan fingerprint density at radius 1 is 1.48 bits per heavy atom. The molecule has 27 heavy (non-hydrogen) atoms. The fourth-order valence-electron chi connectivity index (χ4n) is 3.44. The first-order chi connectivity index (χ1) is 12.4. The molecule has 0 bridgehead atoms. The second-order valence-corrected chi connectivity index (χ2v) is 7.18. The van der Waals surface area contributed by atoms with Gasteiger partial charge in [0.2, 0.25) is 0 Å². The number of halogens is 1. The number of piperidine rings is 1. The minimum atomic E-state index is -0.0921. The number of likely N-dealkylation sites (tertiary alicyclic amines) is 1. The van der Waals surface area contributed by atoms with Gasteiger partial charge in [0.15, 0.2) is 5.96 Å². The van der Waals surface area contributed by atoms with Gasteiger partial charge in [0.05, 0.1) is 18.2 Å². The van der Waals surface area contributed by atoms with Gasteiger partial charge in [-0.05, 0) is 45.6 Å². The Morgan fingerprint density at radius 3 is 2.81 bits per heavy atom. The molecule has 0 amide bonds. The zero-order valence-electron chi connectivity index (χ0n) is 17.2. The first-order valence-electron chi connectivity index (χ1n) is 9.57. The largest absolute Gasteiger partial charge is 0.466 e. The minimum Gasteiger partial charge on any atom is -0.466 e. The molecule has 1 aromatic rings. The van der Waals surface area contributed by atoms with Crippen LogP contribution in [0.4, 0.5) is 0 Å². The van der Waals surface area contributed by atoms with Crippen molar-refractivity contribution < 1.29 is 9.53 Å². The lowest BCUT2D eigenvalue weighted by atomic mass is 9.98. The molecule has 0 radical (unpaired) electrons. The normalized spacial score (nSPS) is 18.6. The van der Waals surface area contributed by atoms with Crippen molar-refractivity contribution >= 4 is 35.9 Å². The lowest BCUT2D eigenvalue weighted by molar-refractivity contribution is -0.149. The standard InChI is InChI=1S/C19H33N5O2.HI/c1-6-26-18(25)17-8-7-9-23(13-17)19(20-5)21-11-14(2)12-24-16(4)10-15(3)22-24;/h10,14,17H,6-9,11-13H2,1-5H3,(H,20,21);1H. The monoisotopic (exact) mass is 491 g/mol. The van der Waals surface area contributed by atoms with Gasteiger partial charge in [-0.2, -0.15) is 5.10 Å². The number of esters is 1. The van der Waals surface area contributed by atoms with Gasteiger partial charge in [-0.15, -0.1) is 24.0 Å². The van der Waals surface area contributed by atoms with Gasteiger partial charge in [-0.25, -0.2) is 0 Å². The van der Waals surface area contributed by atoms with Crippen LogP contribution in [0.15, 0.2) is 11.1 Å². The van der Waals surface area contributed by atoms with E-state index in [0.29, 0.717) is 19.1 Å². The van der Waals surface area contributed by atoms with E-state index >= 15 is 0 Å². The van der Waals surface area contributed by atoms with Crippen LogP contribution in [0.25, 0.3) is 0 Å². The van der Waals surface area contributed by atoms with Crippen LogP contribution < -0.4 is 5.32 Å². The van der Waals surface area contributed by atoms with Crippen LogP contribution in [0.2, 0.25) is 0 Å². The summed E-state index contributed by atoms with van der Waals surface area (Å²) in [6.07, 6.45) is 1.87. The van der Waals surface area contributed by atoms with Crippen molar-refractivity contribution in [2.45, 2.75) is 47.1 Å². The third-order valence-electron chi connectivity index (χ3n) is 4.75. The molecule has 2 heterocycles. The van der Waals surface area contributed by atoms with Gasteiger partial charge in [-0.3, -0.25) is 14.5 Å². The molecule has 1 aromatic heterocycles. The Labute approximate surface area is 179 Å². The molecule has 1 fully saturated rings. The summed E-state index contributed by atoms with van der Waals surface area (Å²) in [7, 11) is 1.79. The summed E-state index contributed by atoms with van der Waals surface area (Å²) < 4.78 is 7.24. The Kier molecular flexibility index (Phi) is 10.1. The molecule has 154 valence electrons. The summed E-state index contributed by atoms with van der Waals surface area (Å²) in [4.78, 5) is 18.6. The van der Waals surface area contributed by atoms with Gasteiger partial charge in [0.1, 0.15) is 0 Å². The molecule has 2 rings (SSSR count). The zero-order valence-corrected chi connectivity index (χ0v) is 19.5. The highest BCUT2D eigenvalue weighted by Crippen LogP contribution is 2.18. The van der Waals surface area contributed by atoms with Crippen LogP contribution in [-0.2, 0) is 16.1 Å². The molecule has 1 aliphatic rings. The maximum Gasteiger partial charge on any atom is 0.310 e. The van der Waals surface area contributed by atoms with Gasteiger partial charge in [0, 0.05) is 38.9 Å². The second kappa shape index (κ2) is 11.5. The van der Waals surface area contributed by atoms with E-state index in [-0.39, 0.29) is 35.9 Å². The zero-order chi connectivity index (χ0) is 19.1. The van der Waals surface area contributed by atoms with Crippen molar-refractivity contribution in [1.82, 2.24) is 20.0 Å². The lowest BCUT2D eigenvalue weighted by Crippen LogP contribution is -2.49. The molecule has 0 saturated carbocycles. The van der Waals surface area contributed by atoms with Crippen molar-refractivity contribution in [1.29, 1.82) is 0 Å². The first kappa shape index (κ1) is 23.7. The number of hydrogen-bond donors (Lipinski definition) is 1. The third kappa shape index (κ3) is 6.97. The maximum atomic E-state index is 12.0. The second-order valence-electron chi connectivity index (χ2n) is 7.18. The van der Waals surface area contributed by atoms with E-state index in [2.05, 4.69) is 44.9 Å². The van der Waals surface area contributed by atoms with E-state index in [9.17, 15) is 4.79 Å². The van der Waals surface area contributed by atoms with Crippen LogP contribution in [0.1, 0.15) is 38.1 Å². The van der Waals surface area contributed by atoms with Crippen LogP contribution in [0, 0.1) is 25.7 Å². The number of ether oxygens (including phenoxy) is 1. The Balaban J connectivity index is 0.00000364. The van der Waals surface area contributed by atoms with Crippen molar-refractivity contribution in [3.8, 4) is 0 Å². The summed E-state index contributed by atoms with van der Waals surface area (Å²) in [5, 5.41) is 7.99. The number of aromatic nitrogens is 2. The number of carbonyl (C=O) groups is 1. The summed E-state index contributed by atoms with van der Waals surface area (Å²) in [6, 6.07) is 2.10. The smallest absolute Gasteiger partial charge is 0.310 e. The number of rotatable bonds is 6. The molecule has 0 spiro atoms.